The number of rotatable bonds is 5. The van der Waals surface area contributed by atoms with Gasteiger partial charge in [-0.05, 0) is 47.5 Å². The highest BCUT2D eigenvalue weighted by molar-refractivity contribution is 6.30. The van der Waals surface area contributed by atoms with E-state index in [0.29, 0.717) is 35.1 Å². The quantitative estimate of drug-likeness (QED) is 0.559. The summed E-state index contributed by atoms with van der Waals surface area (Å²) in [6, 6.07) is 18.7. The zero-order chi connectivity index (χ0) is 18.6. The third-order valence-electron chi connectivity index (χ3n) is 4.13. The van der Waals surface area contributed by atoms with Gasteiger partial charge in [-0.15, -0.1) is 0 Å². The second-order valence-electron chi connectivity index (χ2n) is 6.12. The average Bonchev–Trinajstić information content (AvgIpc) is 3.13. The van der Waals surface area contributed by atoms with Crippen LogP contribution in [0.15, 0.2) is 71.3 Å². The Morgan fingerprint density at radius 3 is 2.48 bits per heavy atom. The molecule has 0 spiro atoms. The van der Waals surface area contributed by atoms with E-state index in [4.69, 9.17) is 16.0 Å². The van der Waals surface area contributed by atoms with Gasteiger partial charge in [0.2, 0.25) is 11.8 Å². The normalized spacial score (nSPS) is 10.9. The topological polar surface area (TPSA) is 68.0 Å². The molecule has 0 bridgehead atoms. The molecule has 5 nitrogen and oxygen atoms in total. The van der Waals surface area contributed by atoms with Crippen LogP contribution >= 0.6 is 11.6 Å². The van der Waals surface area contributed by atoms with Crippen molar-refractivity contribution in [3.05, 3.63) is 83.0 Å². The summed E-state index contributed by atoms with van der Waals surface area (Å²) in [7, 11) is 0. The molecular weight excluding hydrogens is 362 g/mol. The number of aromatic nitrogens is 2. The van der Waals surface area contributed by atoms with E-state index in [1.54, 1.807) is 18.3 Å². The predicted molar refractivity (Wildman–Crippen MR) is 104 cm³/mol. The van der Waals surface area contributed by atoms with E-state index in [1.807, 2.05) is 48.5 Å². The first-order valence-electron chi connectivity index (χ1n) is 8.49. The summed E-state index contributed by atoms with van der Waals surface area (Å²) in [6.45, 7) is 0.460. The molecule has 0 aliphatic rings. The molecule has 0 atom stereocenters. The summed E-state index contributed by atoms with van der Waals surface area (Å²) in [4.78, 5) is 20.6. The van der Waals surface area contributed by atoms with Gasteiger partial charge in [-0.3, -0.25) is 4.79 Å². The van der Waals surface area contributed by atoms with Crippen LogP contribution in [-0.4, -0.2) is 15.9 Å². The van der Waals surface area contributed by atoms with Crippen LogP contribution in [0.3, 0.4) is 0 Å². The third kappa shape index (κ3) is 4.15. The number of fused-ring (bicyclic) bond motifs is 1. The van der Waals surface area contributed by atoms with Crippen LogP contribution in [0.5, 0.6) is 0 Å². The van der Waals surface area contributed by atoms with Gasteiger partial charge in [-0.1, -0.05) is 35.9 Å². The molecule has 1 N–H and O–H groups in total. The van der Waals surface area contributed by atoms with Gasteiger partial charge in [0.25, 0.3) is 0 Å². The van der Waals surface area contributed by atoms with Gasteiger partial charge in [0.1, 0.15) is 0 Å². The highest BCUT2D eigenvalue weighted by Gasteiger charge is 2.09. The Bertz CT molecular complexity index is 1040. The molecule has 0 aliphatic heterocycles. The van der Waals surface area contributed by atoms with Crippen molar-refractivity contribution in [2.45, 2.75) is 13.0 Å². The number of carbonyl (C=O) groups is 1. The van der Waals surface area contributed by atoms with E-state index >= 15 is 0 Å². The van der Waals surface area contributed by atoms with Crippen molar-refractivity contribution in [1.29, 1.82) is 0 Å². The average molecular weight is 378 g/mol. The highest BCUT2D eigenvalue weighted by atomic mass is 35.5. The van der Waals surface area contributed by atoms with E-state index in [-0.39, 0.29) is 5.91 Å². The lowest BCUT2D eigenvalue weighted by molar-refractivity contribution is -0.120. The Hall–Kier alpha value is -3.18. The largest absolute Gasteiger partial charge is 0.434 e. The molecular formula is C21H16ClN3O2. The van der Waals surface area contributed by atoms with Gasteiger partial charge < -0.3 is 9.73 Å². The minimum atomic E-state index is -0.0357. The molecule has 0 fully saturated rings. The molecule has 134 valence electrons. The fraction of sp³-hybridized carbons (Fsp3) is 0.0952. The number of oxazole rings is 1. The van der Waals surface area contributed by atoms with Crippen molar-refractivity contribution in [2.75, 3.05) is 0 Å². The summed E-state index contributed by atoms with van der Waals surface area (Å²) in [6.07, 6.45) is 2.01. The monoisotopic (exact) mass is 377 g/mol. The number of hydrogen-bond acceptors (Lipinski definition) is 4. The number of hydrogen-bond donors (Lipinski definition) is 1. The Morgan fingerprint density at radius 2 is 1.74 bits per heavy atom. The zero-order valence-corrected chi connectivity index (χ0v) is 15.1. The first kappa shape index (κ1) is 17.2. The molecule has 6 heteroatoms. The Balaban J connectivity index is 1.37. The molecule has 27 heavy (non-hydrogen) atoms. The fourth-order valence-electron chi connectivity index (χ4n) is 2.71. The van der Waals surface area contributed by atoms with Gasteiger partial charge >= 0.3 is 0 Å². The summed E-state index contributed by atoms with van der Waals surface area (Å²) in [5.41, 5.74) is 4.04. The second kappa shape index (κ2) is 7.60. The molecule has 1 amide bonds. The van der Waals surface area contributed by atoms with Gasteiger partial charge in [0.15, 0.2) is 11.2 Å². The standard InChI is InChI=1S/C21H16ClN3O2/c22-17-9-5-14(6-10-17)12-19(26)24-13-15-3-7-16(8-4-15)21-25-20-18(27-21)2-1-11-23-20/h1-11H,12-13H2,(H,24,26). The molecule has 0 saturated heterocycles. The fourth-order valence-corrected chi connectivity index (χ4v) is 2.83. The van der Waals surface area contributed by atoms with Crippen LogP contribution in [0.25, 0.3) is 22.7 Å². The van der Waals surface area contributed by atoms with E-state index in [2.05, 4.69) is 15.3 Å². The van der Waals surface area contributed by atoms with Gasteiger partial charge in [-0.25, -0.2) is 4.98 Å². The lowest BCUT2D eigenvalue weighted by atomic mass is 10.1. The molecule has 0 unspecified atom stereocenters. The van der Waals surface area contributed by atoms with Crippen molar-refractivity contribution in [3.8, 4) is 11.5 Å². The van der Waals surface area contributed by atoms with Crippen molar-refractivity contribution in [2.24, 2.45) is 0 Å². The van der Waals surface area contributed by atoms with Crippen molar-refractivity contribution in [1.82, 2.24) is 15.3 Å². The molecule has 0 saturated carbocycles. The summed E-state index contributed by atoms with van der Waals surface area (Å²) >= 11 is 5.85. The maximum Gasteiger partial charge on any atom is 0.228 e. The van der Waals surface area contributed by atoms with Gasteiger partial charge in [-0.2, -0.15) is 4.98 Å². The lowest BCUT2D eigenvalue weighted by Gasteiger charge is -2.06. The number of amides is 1. The molecule has 2 aromatic heterocycles. The minimum absolute atomic E-state index is 0.0357. The Kier molecular flexibility index (Phi) is 4.85. The van der Waals surface area contributed by atoms with Crippen LogP contribution < -0.4 is 5.32 Å². The van der Waals surface area contributed by atoms with Crippen molar-refractivity contribution >= 4 is 28.7 Å². The van der Waals surface area contributed by atoms with Crippen molar-refractivity contribution in [3.63, 3.8) is 0 Å². The number of benzene rings is 2. The number of nitrogens with one attached hydrogen (secondary N) is 1. The number of halogens is 1. The van der Waals surface area contributed by atoms with Crippen molar-refractivity contribution < 1.29 is 9.21 Å². The molecule has 4 rings (SSSR count). The van der Waals surface area contributed by atoms with Crippen LogP contribution in [0.4, 0.5) is 0 Å². The zero-order valence-electron chi connectivity index (χ0n) is 14.4. The van der Waals surface area contributed by atoms with E-state index in [0.717, 1.165) is 16.7 Å². The smallest absolute Gasteiger partial charge is 0.228 e. The molecule has 4 aromatic rings. The summed E-state index contributed by atoms with van der Waals surface area (Å²) in [5, 5.41) is 3.58. The molecule has 0 radical (unpaired) electrons. The van der Waals surface area contributed by atoms with E-state index in [9.17, 15) is 4.79 Å². The maximum absolute atomic E-state index is 12.1. The van der Waals surface area contributed by atoms with Crippen LogP contribution in [-0.2, 0) is 17.8 Å². The lowest BCUT2D eigenvalue weighted by Crippen LogP contribution is -2.24. The molecule has 0 aliphatic carbocycles. The summed E-state index contributed by atoms with van der Waals surface area (Å²) in [5.74, 6) is 0.494. The summed E-state index contributed by atoms with van der Waals surface area (Å²) < 4.78 is 5.71. The van der Waals surface area contributed by atoms with E-state index < -0.39 is 0 Å². The number of nitrogens with zero attached hydrogens (tertiary/aromatic N) is 2. The van der Waals surface area contributed by atoms with Crippen LogP contribution in [0.2, 0.25) is 5.02 Å². The Labute approximate surface area is 161 Å². The van der Waals surface area contributed by atoms with Crippen LogP contribution in [0.1, 0.15) is 11.1 Å². The first-order chi connectivity index (χ1) is 13.2. The first-order valence-corrected chi connectivity index (χ1v) is 8.87. The number of pyridine rings is 1. The Morgan fingerprint density at radius 1 is 1.00 bits per heavy atom. The second-order valence-corrected chi connectivity index (χ2v) is 6.56. The van der Waals surface area contributed by atoms with Gasteiger partial charge in [0, 0.05) is 23.3 Å². The highest BCUT2D eigenvalue weighted by Crippen LogP contribution is 2.23. The predicted octanol–water partition coefficient (Wildman–Crippen LogP) is 4.40. The molecule has 2 heterocycles. The SMILES string of the molecule is O=C(Cc1ccc(Cl)cc1)NCc1ccc(-c2nc3ncccc3o2)cc1. The molecule has 2 aromatic carbocycles. The van der Waals surface area contributed by atoms with Gasteiger partial charge in [0.05, 0.1) is 6.42 Å². The maximum atomic E-state index is 12.1. The number of carbonyl (C=O) groups excluding carboxylic acids is 1. The van der Waals surface area contributed by atoms with E-state index in [1.165, 1.54) is 0 Å². The van der Waals surface area contributed by atoms with Crippen LogP contribution in [0, 0.1) is 0 Å². The minimum Gasteiger partial charge on any atom is -0.434 e. The third-order valence-corrected chi connectivity index (χ3v) is 4.39.